The van der Waals surface area contributed by atoms with Gasteiger partial charge in [-0.3, -0.25) is 9.59 Å². The molecule has 2 rings (SSSR count). The Labute approximate surface area is 105 Å². The van der Waals surface area contributed by atoms with E-state index in [9.17, 15) is 9.59 Å². The van der Waals surface area contributed by atoms with E-state index in [4.69, 9.17) is 0 Å². The third-order valence-corrected chi connectivity index (χ3v) is 3.13. The van der Waals surface area contributed by atoms with Crippen molar-refractivity contribution in [2.75, 3.05) is 6.54 Å². The van der Waals surface area contributed by atoms with Crippen LogP contribution in [0.5, 0.6) is 0 Å². The van der Waals surface area contributed by atoms with Crippen molar-refractivity contribution in [2.24, 2.45) is 13.0 Å². The summed E-state index contributed by atoms with van der Waals surface area (Å²) in [5.41, 5.74) is 0. The number of carbonyl (C=O) groups is 2. The zero-order valence-corrected chi connectivity index (χ0v) is 10.5. The molecule has 0 aromatic carbocycles. The van der Waals surface area contributed by atoms with E-state index in [0.717, 1.165) is 0 Å². The molecule has 1 aromatic heterocycles. The number of carbonyl (C=O) groups excluding carboxylic acids is 2. The van der Waals surface area contributed by atoms with E-state index >= 15 is 0 Å². The van der Waals surface area contributed by atoms with Crippen LogP contribution in [0.1, 0.15) is 31.6 Å². The van der Waals surface area contributed by atoms with Crippen molar-refractivity contribution < 1.29 is 9.59 Å². The standard InChI is InChI=1S/C11H17N5O2/c1-7(10-15-13-6-16(10)2)14-11(18)8-3-4-9(17)12-5-8/h6-8H,3-5H2,1-2H3,(H,12,17)(H,14,18). The molecule has 2 unspecified atom stereocenters. The van der Waals surface area contributed by atoms with E-state index in [1.165, 1.54) is 0 Å². The topological polar surface area (TPSA) is 88.9 Å². The average Bonchev–Trinajstić information content (AvgIpc) is 2.76. The van der Waals surface area contributed by atoms with Crippen LogP contribution in [0.25, 0.3) is 0 Å². The molecule has 1 aliphatic heterocycles. The number of nitrogens with zero attached hydrogens (tertiary/aromatic N) is 3. The summed E-state index contributed by atoms with van der Waals surface area (Å²) < 4.78 is 1.77. The van der Waals surface area contributed by atoms with Gasteiger partial charge in [-0.1, -0.05) is 0 Å². The van der Waals surface area contributed by atoms with Crippen molar-refractivity contribution in [2.45, 2.75) is 25.8 Å². The van der Waals surface area contributed by atoms with Crippen LogP contribution in [0.15, 0.2) is 6.33 Å². The number of rotatable bonds is 3. The van der Waals surface area contributed by atoms with E-state index in [1.54, 1.807) is 10.9 Å². The average molecular weight is 251 g/mol. The van der Waals surface area contributed by atoms with Crippen LogP contribution < -0.4 is 10.6 Å². The molecule has 98 valence electrons. The predicted octanol–water partition coefficient (Wildman–Crippen LogP) is -0.481. The highest BCUT2D eigenvalue weighted by Gasteiger charge is 2.26. The van der Waals surface area contributed by atoms with Crippen LogP contribution in [-0.4, -0.2) is 33.1 Å². The first kappa shape index (κ1) is 12.5. The van der Waals surface area contributed by atoms with Gasteiger partial charge in [0.2, 0.25) is 11.8 Å². The molecule has 1 fully saturated rings. The van der Waals surface area contributed by atoms with Crippen molar-refractivity contribution in [1.29, 1.82) is 0 Å². The number of amides is 2. The van der Waals surface area contributed by atoms with E-state index in [0.29, 0.717) is 25.2 Å². The number of nitrogens with one attached hydrogen (secondary N) is 2. The maximum absolute atomic E-state index is 12.0. The summed E-state index contributed by atoms with van der Waals surface area (Å²) in [4.78, 5) is 23.0. The molecule has 2 N–H and O–H groups in total. The zero-order chi connectivity index (χ0) is 13.1. The molecule has 2 amide bonds. The van der Waals surface area contributed by atoms with Crippen molar-refractivity contribution in [3.05, 3.63) is 12.2 Å². The highest BCUT2D eigenvalue weighted by atomic mass is 16.2. The lowest BCUT2D eigenvalue weighted by Gasteiger charge is -2.23. The van der Waals surface area contributed by atoms with E-state index in [2.05, 4.69) is 20.8 Å². The van der Waals surface area contributed by atoms with Gasteiger partial charge in [0.05, 0.1) is 12.0 Å². The van der Waals surface area contributed by atoms with Gasteiger partial charge in [-0.2, -0.15) is 0 Å². The zero-order valence-electron chi connectivity index (χ0n) is 10.5. The molecule has 7 nitrogen and oxygen atoms in total. The quantitative estimate of drug-likeness (QED) is 0.759. The molecule has 1 aromatic rings. The summed E-state index contributed by atoms with van der Waals surface area (Å²) in [5.74, 6) is 0.521. The Morgan fingerprint density at radius 2 is 2.44 bits per heavy atom. The second-order valence-electron chi connectivity index (χ2n) is 4.57. The van der Waals surface area contributed by atoms with E-state index in [-0.39, 0.29) is 23.8 Å². The number of aromatic nitrogens is 3. The minimum Gasteiger partial charge on any atom is -0.355 e. The molecule has 0 radical (unpaired) electrons. The molecule has 2 atom stereocenters. The molecule has 0 saturated carbocycles. The van der Waals surface area contributed by atoms with Crippen LogP contribution in [0, 0.1) is 5.92 Å². The fraction of sp³-hybridized carbons (Fsp3) is 0.636. The largest absolute Gasteiger partial charge is 0.355 e. The Morgan fingerprint density at radius 3 is 3.00 bits per heavy atom. The monoisotopic (exact) mass is 251 g/mol. The predicted molar refractivity (Wildman–Crippen MR) is 63.3 cm³/mol. The number of aryl methyl sites for hydroxylation is 1. The smallest absolute Gasteiger partial charge is 0.225 e. The summed E-state index contributed by atoms with van der Waals surface area (Å²) in [7, 11) is 1.83. The fourth-order valence-corrected chi connectivity index (χ4v) is 2.04. The van der Waals surface area contributed by atoms with Crippen molar-refractivity contribution in [1.82, 2.24) is 25.4 Å². The molecule has 0 bridgehead atoms. The normalized spacial score (nSPS) is 21.2. The number of piperidine rings is 1. The Bertz CT molecular complexity index is 446. The lowest BCUT2D eigenvalue weighted by atomic mass is 9.98. The first-order valence-electron chi connectivity index (χ1n) is 5.99. The highest BCUT2D eigenvalue weighted by Crippen LogP contribution is 2.14. The molecule has 0 spiro atoms. The molecule has 7 heteroatoms. The lowest BCUT2D eigenvalue weighted by molar-refractivity contribution is -0.129. The molecule has 2 heterocycles. The van der Waals surface area contributed by atoms with Gasteiger partial charge in [0.15, 0.2) is 5.82 Å². The van der Waals surface area contributed by atoms with Gasteiger partial charge in [-0.05, 0) is 13.3 Å². The van der Waals surface area contributed by atoms with Gasteiger partial charge in [0.1, 0.15) is 6.33 Å². The van der Waals surface area contributed by atoms with Crippen molar-refractivity contribution >= 4 is 11.8 Å². The Morgan fingerprint density at radius 1 is 1.67 bits per heavy atom. The van der Waals surface area contributed by atoms with Gasteiger partial charge in [0, 0.05) is 20.0 Å². The van der Waals surface area contributed by atoms with Gasteiger partial charge >= 0.3 is 0 Å². The van der Waals surface area contributed by atoms with Gasteiger partial charge in [-0.25, -0.2) is 0 Å². The second-order valence-corrected chi connectivity index (χ2v) is 4.57. The SMILES string of the molecule is CC(NC(=O)C1CCC(=O)NC1)c1nncn1C. The van der Waals surface area contributed by atoms with Crippen molar-refractivity contribution in [3.63, 3.8) is 0 Å². The van der Waals surface area contributed by atoms with Gasteiger partial charge < -0.3 is 15.2 Å². The second kappa shape index (κ2) is 5.16. The van der Waals surface area contributed by atoms with Crippen molar-refractivity contribution in [3.8, 4) is 0 Å². The summed E-state index contributed by atoms with van der Waals surface area (Å²) in [5, 5.41) is 13.3. The molecule has 0 aliphatic carbocycles. The highest BCUT2D eigenvalue weighted by molar-refractivity contribution is 5.83. The number of hydrogen-bond donors (Lipinski definition) is 2. The first-order valence-corrected chi connectivity index (χ1v) is 5.99. The van der Waals surface area contributed by atoms with Crippen LogP contribution >= 0.6 is 0 Å². The van der Waals surface area contributed by atoms with E-state index in [1.807, 2.05) is 14.0 Å². The lowest BCUT2D eigenvalue weighted by Crippen LogP contribution is -2.43. The van der Waals surface area contributed by atoms with Crippen LogP contribution in [0.2, 0.25) is 0 Å². The Kier molecular flexibility index (Phi) is 3.59. The Hall–Kier alpha value is -1.92. The van der Waals surface area contributed by atoms with E-state index < -0.39 is 0 Å². The Balaban J connectivity index is 1.91. The molecular weight excluding hydrogens is 234 g/mol. The summed E-state index contributed by atoms with van der Waals surface area (Å²) >= 11 is 0. The van der Waals surface area contributed by atoms with Crippen LogP contribution in [0.3, 0.4) is 0 Å². The van der Waals surface area contributed by atoms with Gasteiger partial charge in [0.25, 0.3) is 0 Å². The molecule has 1 saturated heterocycles. The molecule has 18 heavy (non-hydrogen) atoms. The first-order chi connectivity index (χ1) is 8.58. The van der Waals surface area contributed by atoms with Gasteiger partial charge in [-0.15, -0.1) is 10.2 Å². The third-order valence-electron chi connectivity index (χ3n) is 3.13. The third kappa shape index (κ3) is 2.66. The maximum Gasteiger partial charge on any atom is 0.225 e. The minimum absolute atomic E-state index is 0.0143. The summed E-state index contributed by atoms with van der Waals surface area (Å²) in [6.07, 6.45) is 2.61. The number of hydrogen-bond acceptors (Lipinski definition) is 4. The maximum atomic E-state index is 12.0. The van der Waals surface area contributed by atoms with Crippen LogP contribution in [-0.2, 0) is 16.6 Å². The summed E-state index contributed by atoms with van der Waals surface area (Å²) in [6, 6.07) is -0.192. The molecule has 1 aliphatic rings. The summed E-state index contributed by atoms with van der Waals surface area (Å²) in [6.45, 7) is 2.28. The minimum atomic E-state index is -0.192. The fourth-order valence-electron chi connectivity index (χ4n) is 2.04. The molecular formula is C11H17N5O2. The van der Waals surface area contributed by atoms with Crippen LogP contribution in [0.4, 0.5) is 0 Å².